The lowest BCUT2D eigenvalue weighted by Gasteiger charge is -2.36. The zero-order chi connectivity index (χ0) is 21.7. The smallest absolute Gasteiger partial charge is 0.257 e. The van der Waals surface area contributed by atoms with Crippen molar-refractivity contribution in [1.29, 1.82) is 0 Å². The Morgan fingerprint density at radius 2 is 1.80 bits per heavy atom. The summed E-state index contributed by atoms with van der Waals surface area (Å²) >= 11 is 11.4. The second-order valence-corrected chi connectivity index (χ2v) is 7.58. The van der Waals surface area contributed by atoms with Gasteiger partial charge in [-0.2, -0.15) is 0 Å². The molecule has 7 nitrogen and oxygen atoms in total. The summed E-state index contributed by atoms with van der Waals surface area (Å²) in [6.07, 6.45) is 0. The van der Waals surface area contributed by atoms with E-state index in [0.29, 0.717) is 29.4 Å². The van der Waals surface area contributed by atoms with Crippen LogP contribution in [0.15, 0.2) is 42.5 Å². The quantitative estimate of drug-likeness (QED) is 0.703. The number of piperazine rings is 1. The number of ether oxygens (including phenoxy) is 1. The molecular formula is C21H23ClN4O3S. The Morgan fingerprint density at radius 1 is 1.10 bits per heavy atom. The molecule has 2 aromatic carbocycles. The van der Waals surface area contributed by atoms with Crippen molar-refractivity contribution in [3.8, 4) is 5.75 Å². The summed E-state index contributed by atoms with van der Waals surface area (Å²) in [6, 6.07) is 12.5. The molecule has 0 unspecified atom stereocenters. The molecule has 2 amide bonds. The maximum Gasteiger partial charge on any atom is 0.257 e. The molecule has 1 heterocycles. The maximum atomic E-state index is 12.5. The molecule has 2 aromatic rings. The predicted octanol–water partition coefficient (Wildman–Crippen LogP) is 3.14. The number of benzene rings is 2. The molecule has 30 heavy (non-hydrogen) atoms. The fourth-order valence-electron chi connectivity index (χ4n) is 3.25. The van der Waals surface area contributed by atoms with Gasteiger partial charge in [0, 0.05) is 38.7 Å². The van der Waals surface area contributed by atoms with Gasteiger partial charge in [-0.05, 0) is 42.5 Å². The normalized spacial score (nSPS) is 13.6. The molecule has 0 spiro atoms. The molecule has 0 saturated carbocycles. The Kier molecular flexibility index (Phi) is 7.12. The summed E-state index contributed by atoms with van der Waals surface area (Å²) in [4.78, 5) is 28.1. The lowest BCUT2D eigenvalue weighted by atomic mass is 10.2. The van der Waals surface area contributed by atoms with Gasteiger partial charge in [0.1, 0.15) is 5.75 Å². The highest BCUT2D eigenvalue weighted by Crippen LogP contribution is 2.27. The number of methoxy groups -OCH3 is 1. The van der Waals surface area contributed by atoms with Crippen molar-refractivity contribution < 1.29 is 14.3 Å². The first kappa shape index (κ1) is 21.9. The summed E-state index contributed by atoms with van der Waals surface area (Å²) < 4.78 is 5.10. The fourth-order valence-corrected chi connectivity index (χ4v) is 3.71. The zero-order valence-corrected chi connectivity index (χ0v) is 18.3. The van der Waals surface area contributed by atoms with Crippen molar-refractivity contribution in [2.24, 2.45) is 0 Å². The van der Waals surface area contributed by atoms with E-state index in [2.05, 4.69) is 15.5 Å². The number of carbonyl (C=O) groups is 2. The van der Waals surface area contributed by atoms with E-state index in [1.807, 2.05) is 29.2 Å². The Hall–Kier alpha value is -2.84. The zero-order valence-electron chi connectivity index (χ0n) is 16.8. The highest BCUT2D eigenvalue weighted by Gasteiger charge is 2.21. The van der Waals surface area contributed by atoms with Crippen LogP contribution in [0.5, 0.6) is 5.75 Å². The Bertz CT molecular complexity index is 961. The first-order chi connectivity index (χ1) is 14.4. The van der Waals surface area contributed by atoms with E-state index < -0.39 is 0 Å². The van der Waals surface area contributed by atoms with Crippen molar-refractivity contribution in [2.75, 3.05) is 43.5 Å². The highest BCUT2D eigenvalue weighted by atomic mass is 35.5. The van der Waals surface area contributed by atoms with Crippen molar-refractivity contribution in [3.63, 3.8) is 0 Å². The largest absolute Gasteiger partial charge is 0.495 e. The molecule has 1 saturated heterocycles. The van der Waals surface area contributed by atoms with Gasteiger partial charge in [-0.15, -0.1) is 0 Å². The minimum atomic E-state index is -0.371. The highest BCUT2D eigenvalue weighted by molar-refractivity contribution is 7.80. The number of rotatable bonds is 4. The van der Waals surface area contributed by atoms with E-state index in [1.165, 1.54) is 13.2 Å². The number of amides is 2. The SMILES string of the molecule is COc1ccc(C(=O)NC(=S)Nc2ccccc2N2CCN(C(C)=O)CC2)cc1Cl. The van der Waals surface area contributed by atoms with Gasteiger partial charge in [0.25, 0.3) is 5.91 Å². The van der Waals surface area contributed by atoms with Gasteiger partial charge < -0.3 is 19.9 Å². The molecule has 0 aromatic heterocycles. The van der Waals surface area contributed by atoms with E-state index in [0.717, 1.165) is 24.5 Å². The van der Waals surface area contributed by atoms with Crippen LogP contribution in [0.1, 0.15) is 17.3 Å². The predicted molar refractivity (Wildman–Crippen MR) is 123 cm³/mol. The van der Waals surface area contributed by atoms with Crippen molar-refractivity contribution in [2.45, 2.75) is 6.92 Å². The Balaban J connectivity index is 1.65. The second kappa shape index (κ2) is 9.77. The fraction of sp³-hybridized carbons (Fsp3) is 0.286. The molecule has 158 valence electrons. The number of hydrogen-bond donors (Lipinski definition) is 2. The molecule has 9 heteroatoms. The van der Waals surface area contributed by atoms with E-state index in [1.54, 1.807) is 19.1 Å². The van der Waals surface area contributed by atoms with E-state index in [-0.39, 0.29) is 16.9 Å². The molecule has 1 fully saturated rings. The minimum Gasteiger partial charge on any atom is -0.495 e. The Labute approximate surface area is 185 Å². The van der Waals surface area contributed by atoms with Gasteiger partial charge in [0.05, 0.1) is 23.5 Å². The molecule has 0 radical (unpaired) electrons. The molecule has 1 aliphatic rings. The number of halogens is 1. The lowest BCUT2D eigenvalue weighted by molar-refractivity contribution is -0.129. The molecule has 1 aliphatic heterocycles. The van der Waals surface area contributed by atoms with Crippen molar-refractivity contribution in [1.82, 2.24) is 10.2 Å². The van der Waals surface area contributed by atoms with Crippen LogP contribution in [0.25, 0.3) is 0 Å². The number of para-hydroxylation sites is 2. The monoisotopic (exact) mass is 446 g/mol. The van der Waals surface area contributed by atoms with Crippen LogP contribution < -0.4 is 20.3 Å². The molecule has 0 aliphatic carbocycles. The first-order valence-electron chi connectivity index (χ1n) is 9.44. The van der Waals surface area contributed by atoms with E-state index in [4.69, 9.17) is 28.6 Å². The van der Waals surface area contributed by atoms with E-state index >= 15 is 0 Å². The topological polar surface area (TPSA) is 73.9 Å². The second-order valence-electron chi connectivity index (χ2n) is 6.77. The lowest BCUT2D eigenvalue weighted by Crippen LogP contribution is -2.48. The van der Waals surface area contributed by atoms with Crippen LogP contribution in [-0.2, 0) is 4.79 Å². The third-order valence-corrected chi connectivity index (χ3v) is 5.36. The molecule has 3 rings (SSSR count). The van der Waals surface area contributed by atoms with Crippen LogP contribution in [-0.4, -0.2) is 55.1 Å². The van der Waals surface area contributed by atoms with Gasteiger partial charge in [-0.1, -0.05) is 23.7 Å². The van der Waals surface area contributed by atoms with Crippen LogP contribution in [0.4, 0.5) is 11.4 Å². The van der Waals surface area contributed by atoms with Gasteiger partial charge >= 0.3 is 0 Å². The number of hydrogen-bond acceptors (Lipinski definition) is 5. The minimum absolute atomic E-state index is 0.0867. The Morgan fingerprint density at radius 3 is 2.43 bits per heavy atom. The number of carbonyl (C=O) groups excluding carboxylic acids is 2. The van der Waals surface area contributed by atoms with Crippen LogP contribution in [0, 0.1) is 0 Å². The summed E-state index contributed by atoms with van der Waals surface area (Å²) in [5.41, 5.74) is 2.12. The van der Waals surface area contributed by atoms with Crippen LogP contribution >= 0.6 is 23.8 Å². The van der Waals surface area contributed by atoms with Crippen molar-refractivity contribution >= 4 is 52.1 Å². The maximum absolute atomic E-state index is 12.5. The van der Waals surface area contributed by atoms with Crippen LogP contribution in [0.3, 0.4) is 0 Å². The molecule has 0 bridgehead atoms. The van der Waals surface area contributed by atoms with Gasteiger partial charge in [-0.3, -0.25) is 14.9 Å². The third-order valence-electron chi connectivity index (χ3n) is 4.86. The number of thiocarbonyl (C=S) groups is 1. The van der Waals surface area contributed by atoms with Crippen molar-refractivity contribution in [3.05, 3.63) is 53.1 Å². The van der Waals surface area contributed by atoms with Gasteiger partial charge in [0.15, 0.2) is 5.11 Å². The summed E-state index contributed by atoms with van der Waals surface area (Å²) in [6.45, 7) is 4.37. The molecular weight excluding hydrogens is 424 g/mol. The molecule has 2 N–H and O–H groups in total. The summed E-state index contributed by atoms with van der Waals surface area (Å²) in [5, 5.41) is 6.30. The van der Waals surface area contributed by atoms with Gasteiger partial charge in [0.2, 0.25) is 5.91 Å². The van der Waals surface area contributed by atoms with Gasteiger partial charge in [-0.25, -0.2) is 0 Å². The van der Waals surface area contributed by atoms with E-state index in [9.17, 15) is 9.59 Å². The average Bonchev–Trinajstić information content (AvgIpc) is 2.74. The van der Waals surface area contributed by atoms with Crippen LogP contribution in [0.2, 0.25) is 5.02 Å². The average molecular weight is 447 g/mol. The third kappa shape index (κ3) is 5.20. The number of nitrogens with one attached hydrogen (secondary N) is 2. The number of nitrogens with zero attached hydrogens (tertiary/aromatic N) is 2. The first-order valence-corrected chi connectivity index (χ1v) is 10.2. The number of anilines is 2. The molecule has 0 atom stereocenters. The summed E-state index contributed by atoms with van der Waals surface area (Å²) in [7, 11) is 1.51. The standard InChI is InChI=1S/C21H23ClN4O3S/c1-14(27)25-9-11-26(12-10-25)18-6-4-3-5-17(18)23-21(30)24-20(28)15-7-8-19(29-2)16(22)13-15/h3-8,13H,9-12H2,1-2H3,(H2,23,24,28,30). The summed E-state index contributed by atoms with van der Waals surface area (Å²) in [5.74, 6) is 0.209.